The Balaban J connectivity index is 1.80. The summed E-state index contributed by atoms with van der Waals surface area (Å²) in [6.07, 6.45) is 3.66. The van der Waals surface area contributed by atoms with Gasteiger partial charge < -0.3 is 10.2 Å². The lowest BCUT2D eigenvalue weighted by Gasteiger charge is -2.33. The van der Waals surface area contributed by atoms with Crippen molar-refractivity contribution in [1.29, 1.82) is 0 Å². The van der Waals surface area contributed by atoms with Gasteiger partial charge >= 0.3 is 0 Å². The second kappa shape index (κ2) is 7.46. The molecule has 114 valence electrons. The van der Waals surface area contributed by atoms with E-state index in [1.165, 1.54) is 6.42 Å². The number of nitrogens with zero attached hydrogens (tertiary/aromatic N) is 1. The molecule has 0 saturated carbocycles. The molecule has 5 heteroatoms. The van der Waals surface area contributed by atoms with Crippen molar-refractivity contribution in [3.05, 3.63) is 34.9 Å². The fraction of sp³-hybridized carbons (Fsp3) is 0.500. The van der Waals surface area contributed by atoms with E-state index in [-0.39, 0.29) is 11.8 Å². The van der Waals surface area contributed by atoms with E-state index in [2.05, 4.69) is 12.2 Å². The maximum atomic E-state index is 12.1. The van der Waals surface area contributed by atoms with Gasteiger partial charge in [0, 0.05) is 25.6 Å². The summed E-state index contributed by atoms with van der Waals surface area (Å²) in [6, 6.07) is 7.20. The van der Waals surface area contributed by atoms with Crippen LogP contribution in [0, 0.1) is 0 Å². The van der Waals surface area contributed by atoms with Crippen molar-refractivity contribution in [3.63, 3.8) is 0 Å². The molecule has 1 aromatic carbocycles. The molecule has 1 N–H and O–H groups in total. The highest BCUT2D eigenvalue weighted by Gasteiger charge is 2.22. The normalized spacial score (nSPS) is 18.4. The van der Waals surface area contributed by atoms with Gasteiger partial charge in [-0.3, -0.25) is 9.59 Å². The SMILES string of the molecule is C[C@H]1CCCCN1C(=O)CCNC(=O)c1ccccc1Cl. The van der Waals surface area contributed by atoms with E-state index in [1.807, 2.05) is 4.90 Å². The minimum absolute atomic E-state index is 0.113. The molecule has 4 nitrogen and oxygen atoms in total. The first-order valence-corrected chi connectivity index (χ1v) is 7.79. The fourth-order valence-corrected chi connectivity index (χ4v) is 2.86. The van der Waals surface area contributed by atoms with Crippen molar-refractivity contribution in [2.45, 2.75) is 38.6 Å². The van der Waals surface area contributed by atoms with Gasteiger partial charge in [-0.05, 0) is 38.3 Å². The Kier molecular flexibility index (Phi) is 5.62. The number of carbonyl (C=O) groups excluding carboxylic acids is 2. The first kappa shape index (κ1) is 15.8. The minimum atomic E-state index is -0.236. The Bertz CT molecular complexity index is 519. The number of benzene rings is 1. The van der Waals surface area contributed by atoms with Crippen LogP contribution in [0.1, 0.15) is 43.0 Å². The Labute approximate surface area is 130 Å². The molecule has 2 rings (SSSR count). The van der Waals surface area contributed by atoms with E-state index >= 15 is 0 Å². The molecule has 0 bridgehead atoms. The predicted octanol–water partition coefficient (Wildman–Crippen LogP) is 2.86. The standard InChI is InChI=1S/C16H21ClN2O2/c1-12-6-4-5-11-19(12)15(20)9-10-18-16(21)13-7-2-3-8-14(13)17/h2-3,7-8,12H,4-6,9-11H2,1H3,(H,18,21)/t12-/m0/s1. The lowest BCUT2D eigenvalue weighted by atomic mass is 10.0. The summed E-state index contributed by atoms with van der Waals surface area (Å²) < 4.78 is 0. The van der Waals surface area contributed by atoms with Crippen molar-refractivity contribution in [1.82, 2.24) is 10.2 Å². The van der Waals surface area contributed by atoms with Gasteiger partial charge in [-0.25, -0.2) is 0 Å². The summed E-state index contributed by atoms with van der Waals surface area (Å²) in [5, 5.41) is 3.18. The Hall–Kier alpha value is -1.55. The number of rotatable bonds is 4. The third-order valence-corrected chi connectivity index (χ3v) is 4.20. The average molecular weight is 309 g/mol. The molecule has 0 aromatic heterocycles. The predicted molar refractivity (Wildman–Crippen MR) is 83.4 cm³/mol. The second-order valence-corrected chi connectivity index (χ2v) is 5.82. The number of amides is 2. The van der Waals surface area contributed by atoms with Crippen LogP contribution >= 0.6 is 11.6 Å². The highest BCUT2D eigenvalue weighted by molar-refractivity contribution is 6.33. The van der Waals surface area contributed by atoms with Gasteiger partial charge in [0.05, 0.1) is 10.6 Å². The molecule has 1 aliphatic heterocycles. The zero-order valence-electron chi connectivity index (χ0n) is 12.3. The summed E-state index contributed by atoms with van der Waals surface area (Å²) in [5.41, 5.74) is 0.443. The molecule has 1 heterocycles. The van der Waals surface area contributed by atoms with E-state index in [0.717, 1.165) is 19.4 Å². The molecule has 21 heavy (non-hydrogen) atoms. The van der Waals surface area contributed by atoms with Crippen molar-refractivity contribution in [3.8, 4) is 0 Å². The van der Waals surface area contributed by atoms with Crippen molar-refractivity contribution in [2.75, 3.05) is 13.1 Å². The highest BCUT2D eigenvalue weighted by Crippen LogP contribution is 2.17. The fourth-order valence-electron chi connectivity index (χ4n) is 2.64. The zero-order valence-corrected chi connectivity index (χ0v) is 13.0. The van der Waals surface area contributed by atoms with E-state index in [4.69, 9.17) is 11.6 Å². The quantitative estimate of drug-likeness (QED) is 0.930. The Morgan fingerprint density at radius 2 is 2.10 bits per heavy atom. The molecule has 0 aliphatic carbocycles. The Morgan fingerprint density at radius 3 is 2.81 bits per heavy atom. The second-order valence-electron chi connectivity index (χ2n) is 5.42. The molecule has 2 amide bonds. The molecule has 1 atom stereocenters. The molecule has 0 spiro atoms. The van der Waals surface area contributed by atoms with Crippen LogP contribution in [0.4, 0.5) is 0 Å². The summed E-state index contributed by atoms with van der Waals surface area (Å²) in [6.45, 7) is 3.25. The van der Waals surface area contributed by atoms with Gasteiger partial charge in [0.1, 0.15) is 0 Å². The van der Waals surface area contributed by atoms with Gasteiger partial charge in [-0.2, -0.15) is 0 Å². The largest absolute Gasteiger partial charge is 0.351 e. The zero-order chi connectivity index (χ0) is 15.2. The first-order chi connectivity index (χ1) is 10.1. The molecular formula is C16H21ClN2O2. The van der Waals surface area contributed by atoms with E-state index in [1.54, 1.807) is 24.3 Å². The molecule has 0 radical (unpaired) electrons. The van der Waals surface area contributed by atoms with Crippen LogP contribution in [-0.2, 0) is 4.79 Å². The van der Waals surface area contributed by atoms with Crippen molar-refractivity contribution in [2.24, 2.45) is 0 Å². The van der Waals surface area contributed by atoms with Gasteiger partial charge in [-0.15, -0.1) is 0 Å². The first-order valence-electron chi connectivity index (χ1n) is 7.42. The van der Waals surface area contributed by atoms with E-state index in [9.17, 15) is 9.59 Å². The van der Waals surface area contributed by atoms with Crippen LogP contribution < -0.4 is 5.32 Å². The number of piperidine rings is 1. The molecular weight excluding hydrogens is 288 g/mol. The van der Waals surface area contributed by atoms with Crippen LogP contribution in [0.15, 0.2) is 24.3 Å². The number of carbonyl (C=O) groups is 2. The maximum absolute atomic E-state index is 12.1. The third kappa shape index (κ3) is 4.21. The maximum Gasteiger partial charge on any atom is 0.252 e. The van der Waals surface area contributed by atoms with Crippen LogP contribution in [0.2, 0.25) is 5.02 Å². The van der Waals surface area contributed by atoms with Crippen LogP contribution in [-0.4, -0.2) is 35.8 Å². The number of hydrogen-bond donors (Lipinski definition) is 1. The number of nitrogens with one attached hydrogen (secondary N) is 1. The van der Waals surface area contributed by atoms with Gasteiger partial charge in [0.2, 0.25) is 5.91 Å². The molecule has 1 aliphatic rings. The van der Waals surface area contributed by atoms with Crippen LogP contribution in [0.25, 0.3) is 0 Å². The minimum Gasteiger partial charge on any atom is -0.351 e. The summed E-state index contributed by atoms with van der Waals surface area (Å²) in [5.74, 6) is -0.123. The molecule has 1 fully saturated rings. The third-order valence-electron chi connectivity index (χ3n) is 3.87. The van der Waals surface area contributed by atoms with Gasteiger partial charge in [0.25, 0.3) is 5.91 Å². The highest BCUT2D eigenvalue weighted by atomic mass is 35.5. The number of halogens is 1. The van der Waals surface area contributed by atoms with Gasteiger partial charge in [-0.1, -0.05) is 23.7 Å². The van der Waals surface area contributed by atoms with E-state index < -0.39 is 0 Å². The molecule has 1 aromatic rings. The Morgan fingerprint density at radius 1 is 1.33 bits per heavy atom. The topological polar surface area (TPSA) is 49.4 Å². The van der Waals surface area contributed by atoms with Crippen LogP contribution in [0.3, 0.4) is 0 Å². The summed E-state index contributed by atoms with van der Waals surface area (Å²) >= 11 is 5.97. The summed E-state index contributed by atoms with van der Waals surface area (Å²) in [4.78, 5) is 26.0. The molecule has 0 unspecified atom stereocenters. The van der Waals surface area contributed by atoms with E-state index in [0.29, 0.717) is 29.6 Å². The lowest BCUT2D eigenvalue weighted by Crippen LogP contribution is -2.43. The number of likely N-dealkylation sites (tertiary alicyclic amines) is 1. The monoisotopic (exact) mass is 308 g/mol. The van der Waals surface area contributed by atoms with Crippen molar-refractivity contribution < 1.29 is 9.59 Å². The lowest BCUT2D eigenvalue weighted by molar-refractivity contribution is -0.134. The molecule has 1 saturated heterocycles. The summed E-state index contributed by atoms with van der Waals surface area (Å²) in [7, 11) is 0. The smallest absolute Gasteiger partial charge is 0.252 e. The van der Waals surface area contributed by atoms with Crippen molar-refractivity contribution >= 4 is 23.4 Å². The average Bonchev–Trinajstić information content (AvgIpc) is 2.48. The number of hydrogen-bond acceptors (Lipinski definition) is 2. The van der Waals surface area contributed by atoms with Crippen LogP contribution in [0.5, 0.6) is 0 Å². The van der Waals surface area contributed by atoms with Gasteiger partial charge in [0.15, 0.2) is 0 Å².